The van der Waals surface area contributed by atoms with E-state index in [1.807, 2.05) is 6.08 Å². The summed E-state index contributed by atoms with van der Waals surface area (Å²) in [7, 11) is -4.40. The zero-order chi connectivity index (χ0) is 39.6. The molecule has 0 fully saturated rings. The van der Waals surface area contributed by atoms with E-state index in [2.05, 4.69) is 85.9 Å². The second kappa shape index (κ2) is 39.8. The molecular weight excluding hydrogens is 705 g/mol. The molecule has 0 aliphatic rings. The molecule has 0 radical (unpaired) electrons. The highest BCUT2D eigenvalue weighted by Crippen LogP contribution is 2.43. The van der Waals surface area contributed by atoms with Crippen LogP contribution in [0.4, 0.5) is 0 Å². The Morgan fingerprint density at radius 1 is 0.593 bits per heavy atom. The van der Waals surface area contributed by atoms with E-state index in [4.69, 9.17) is 29.4 Å². The number of esters is 2. The first kappa shape index (κ1) is 51.1. The van der Waals surface area contributed by atoms with E-state index in [0.29, 0.717) is 19.3 Å². The number of rotatable bonds is 37. The lowest BCUT2D eigenvalue weighted by Crippen LogP contribution is -2.29. The van der Waals surface area contributed by atoms with Crippen molar-refractivity contribution < 1.29 is 42.7 Å². The topological polar surface area (TPSA) is 155 Å². The van der Waals surface area contributed by atoms with Gasteiger partial charge in [-0.2, -0.15) is 0 Å². The summed E-state index contributed by atoms with van der Waals surface area (Å²) >= 11 is 0. The van der Waals surface area contributed by atoms with Crippen LogP contribution in [0.5, 0.6) is 0 Å². The Labute approximate surface area is 326 Å². The average molecular weight is 778 g/mol. The molecule has 0 bridgehead atoms. The van der Waals surface area contributed by atoms with Crippen molar-refractivity contribution in [2.75, 3.05) is 33.0 Å². The van der Waals surface area contributed by atoms with Crippen molar-refractivity contribution in [3.05, 3.63) is 85.1 Å². The van der Waals surface area contributed by atoms with Crippen molar-refractivity contribution in [1.29, 1.82) is 0 Å². The molecule has 0 aromatic rings. The van der Waals surface area contributed by atoms with Crippen LogP contribution in [0.1, 0.15) is 135 Å². The molecule has 2 atom stereocenters. The van der Waals surface area contributed by atoms with Gasteiger partial charge in [-0.25, -0.2) is 4.57 Å². The summed E-state index contributed by atoms with van der Waals surface area (Å²) in [5.74, 6) is -0.939. The minimum atomic E-state index is -4.40. The van der Waals surface area contributed by atoms with Crippen LogP contribution in [0.3, 0.4) is 0 Å². The predicted octanol–water partition coefficient (Wildman–Crippen LogP) is 10.2. The third-order valence-corrected chi connectivity index (χ3v) is 8.80. The highest BCUT2D eigenvalue weighted by molar-refractivity contribution is 7.47. The van der Waals surface area contributed by atoms with Gasteiger partial charge in [-0.3, -0.25) is 18.6 Å². The standard InChI is InChI=1S/C43H72NO9P/c1-2-3-4-5-6-7-8-9-13-17-20-23-26-29-32-35-43(47)53-41(40-52-54(48,49)51-38-36-44)39-50-42(46)34-31-28-25-22-19-16-14-11-10-12-15-18-21-24-27-30-33-37-45/h3-4,6-7,9-10,12-14,16,18,21-22,25,41,45H,2,5,8,11,15,17,19-20,23-24,26-40,44H2,1H3,(H,48,49)/b4-3-,7-6-,12-10-,13-9-,16-14-,21-18-,25-22-/t41-/m1/s1. The zero-order valence-electron chi connectivity index (χ0n) is 33.1. The first-order chi connectivity index (χ1) is 26.3. The minimum Gasteiger partial charge on any atom is -0.462 e. The molecule has 54 heavy (non-hydrogen) atoms. The monoisotopic (exact) mass is 777 g/mol. The van der Waals surface area contributed by atoms with Crippen LogP contribution >= 0.6 is 7.82 Å². The summed E-state index contributed by atoms with van der Waals surface area (Å²) in [6.07, 6.45) is 46.3. The van der Waals surface area contributed by atoms with Gasteiger partial charge in [0.05, 0.1) is 13.2 Å². The van der Waals surface area contributed by atoms with Gasteiger partial charge in [0.15, 0.2) is 6.10 Å². The van der Waals surface area contributed by atoms with E-state index in [1.165, 1.54) is 0 Å². The fraction of sp³-hybridized carbons (Fsp3) is 0.628. The number of aliphatic hydroxyl groups excluding tert-OH is 1. The molecule has 0 aromatic carbocycles. The van der Waals surface area contributed by atoms with Crippen LogP contribution in [-0.4, -0.2) is 61.0 Å². The average Bonchev–Trinajstić information content (AvgIpc) is 3.16. The van der Waals surface area contributed by atoms with Gasteiger partial charge in [0, 0.05) is 26.0 Å². The van der Waals surface area contributed by atoms with Gasteiger partial charge in [0.1, 0.15) is 6.61 Å². The maximum atomic E-state index is 12.5. The van der Waals surface area contributed by atoms with Crippen LogP contribution < -0.4 is 5.73 Å². The molecule has 0 aliphatic carbocycles. The Hall–Kier alpha value is -2.85. The van der Waals surface area contributed by atoms with Gasteiger partial charge in [-0.1, -0.05) is 118 Å². The zero-order valence-corrected chi connectivity index (χ0v) is 34.0. The number of nitrogens with two attached hydrogens (primary N) is 1. The van der Waals surface area contributed by atoms with E-state index in [1.54, 1.807) is 0 Å². The van der Waals surface area contributed by atoms with Crippen LogP contribution in [0.25, 0.3) is 0 Å². The van der Waals surface area contributed by atoms with Crippen molar-refractivity contribution in [3.63, 3.8) is 0 Å². The largest absolute Gasteiger partial charge is 0.472 e. The van der Waals surface area contributed by atoms with E-state index >= 15 is 0 Å². The van der Waals surface area contributed by atoms with Gasteiger partial charge in [0.25, 0.3) is 0 Å². The molecular formula is C43H72NO9P. The van der Waals surface area contributed by atoms with Crippen molar-refractivity contribution >= 4 is 19.8 Å². The number of phosphoric ester groups is 1. The second-order valence-electron chi connectivity index (χ2n) is 12.8. The van der Waals surface area contributed by atoms with Crippen molar-refractivity contribution in [1.82, 2.24) is 0 Å². The summed E-state index contributed by atoms with van der Waals surface area (Å²) in [5, 5.41) is 8.78. The van der Waals surface area contributed by atoms with E-state index in [-0.39, 0.29) is 39.2 Å². The van der Waals surface area contributed by atoms with Crippen LogP contribution in [-0.2, 0) is 32.7 Å². The SMILES string of the molecule is CC/C=C\C/C=C\C/C=C\CCCCCCCC(=O)O[C@H](COC(=O)CCC/C=C\C/C=C\C/C=C\C/C=C\CCCCCO)COP(=O)(O)OCCN. The molecule has 0 saturated carbocycles. The molecule has 308 valence electrons. The number of aliphatic hydroxyl groups is 1. The Kier molecular flexibility index (Phi) is 37.7. The fourth-order valence-corrected chi connectivity index (χ4v) is 5.62. The van der Waals surface area contributed by atoms with Gasteiger partial charge >= 0.3 is 19.8 Å². The quantitative estimate of drug-likeness (QED) is 0.0240. The van der Waals surface area contributed by atoms with Crippen molar-refractivity contribution in [2.45, 2.75) is 141 Å². The normalized spacial score (nSPS) is 14.2. The molecule has 0 rings (SSSR count). The van der Waals surface area contributed by atoms with Crippen LogP contribution in [0.2, 0.25) is 0 Å². The minimum absolute atomic E-state index is 0.0340. The molecule has 0 aromatic heterocycles. The number of carbonyl (C=O) groups is 2. The molecule has 4 N–H and O–H groups in total. The molecule has 10 nitrogen and oxygen atoms in total. The first-order valence-corrected chi connectivity index (χ1v) is 21.7. The third-order valence-electron chi connectivity index (χ3n) is 7.82. The van der Waals surface area contributed by atoms with E-state index in [0.717, 1.165) is 96.3 Å². The summed E-state index contributed by atoms with van der Waals surface area (Å²) in [5.41, 5.74) is 5.33. The number of unbranched alkanes of at least 4 members (excludes halogenated alkanes) is 9. The van der Waals surface area contributed by atoms with Gasteiger partial charge in [0.2, 0.25) is 0 Å². The molecule has 0 heterocycles. The molecule has 1 unspecified atom stereocenters. The van der Waals surface area contributed by atoms with Gasteiger partial charge in [-0.15, -0.1) is 0 Å². The molecule has 0 amide bonds. The van der Waals surface area contributed by atoms with E-state index in [9.17, 15) is 19.0 Å². The summed E-state index contributed by atoms with van der Waals surface area (Å²) < 4.78 is 32.6. The lowest BCUT2D eigenvalue weighted by Gasteiger charge is -2.19. The number of allylic oxidation sites excluding steroid dienone is 14. The summed E-state index contributed by atoms with van der Waals surface area (Å²) in [4.78, 5) is 34.8. The first-order valence-electron chi connectivity index (χ1n) is 20.2. The molecule has 0 aliphatic heterocycles. The lowest BCUT2D eigenvalue weighted by molar-refractivity contribution is -0.161. The smallest absolute Gasteiger partial charge is 0.462 e. The maximum absolute atomic E-state index is 12.5. The third kappa shape index (κ3) is 38.9. The van der Waals surface area contributed by atoms with Crippen LogP contribution in [0.15, 0.2) is 85.1 Å². The lowest BCUT2D eigenvalue weighted by atomic mass is 10.1. The Bertz CT molecular complexity index is 1160. The predicted molar refractivity (Wildman–Crippen MR) is 221 cm³/mol. The van der Waals surface area contributed by atoms with Gasteiger partial charge in [-0.05, 0) is 89.9 Å². The number of hydrogen-bond acceptors (Lipinski definition) is 9. The molecule has 0 saturated heterocycles. The highest BCUT2D eigenvalue weighted by Gasteiger charge is 2.25. The van der Waals surface area contributed by atoms with E-state index < -0.39 is 32.5 Å². The Morgan fingerprint density at radius 2 is 1.06 bits per heavy atom. The Balaban J connectivity index is 4.33. The molecule has 11 heteroatoms. The second-order valence-corrected chi connectivity index (χ2v) is 14.3. The number of phosphoric acid groups is 1. The Morgan fingerprint density at radius 3 is 1.59 bits per heavy atom. The summed E-state index contributed by atoms with van der Waals surface area (Å²) in [6.45, 7) is 1.51. The number of carbonyl (C=O) groups excluding carboxylic acids is 2. The number of hydrogen-bond donors (Lipinski definition) is 3. The maximum Gasteiger partial charge on any atom is 0.472 e. The molecule has 0 spiro atoms. The van der Waals surface area contributed by atoms with Gasteiger partial charge < -0.3 is 25.2 Å². The fourth-order valence-electron chi connectivity index (χ4n) is 4.85. The van der Waals surface area contributed by atoms with Crippen LogP contribution in [0, 0.1) is 0 Å². The van der Waals surface area contributed by atoms with Crippen molar-refractivity contribution in [2.24, 2.45) is 5.73 Å². The summed E-state index contributed by atoms with van der Waals surface area (Å²) in [6, 6.07) is 0. The highest BCUT2D eigenvalue weighted by atomic mass is 31.2. The van der Waals surface area contributed by atoms with Crippen molar-refractivity contribution in [3.8, 4) is 0 Å². The number of ether oxygens (including phenoxy) is 2.